The lowest BCUT2D eigenvalue weighted by Crippen LogP contribution is -2.51. The van der Waals surface area contributed by atoms with Crippen molar-refractivity contribution in [1.29, 1.82) is 0 Å². The number of aliphatic imine (C=N–C) groups is 1. The molecule has 178 valence electrons. The van der Waals surface area contributed by atoms with Crippen LogP contribution in [0.1, 0.15) is 38.5 Å². The number of carboxylic acid groups (broad SMARTS) is 3. The second-order valence-electron chi connectivity index (χ2n) is 6.53. The van der Waals surface area contributed by atoms with Gasteiger partial charge in [0.1, 0.15) is 12.1 Å². The molecule has 0 aliphatic heterocycles. The fourth-order valence-corrected chi connectivity index (χ4v) is 2.37. The van der Waals surface area contributed by atoms with Crippen LogP contribution in [0.3, 0.4) is 0 Å². The monoisotopic (exact) mass is 455 g/mol. The predicted octanol–water partition coefficient (Wildman–Crippen LogP) is -0.210. The van der Waals surface area contributed by atoms with Gasteiger partial charge in [-0.2, -0.15) is 0 Å². The number of urea groups is 1. The van der Waals surface area contributed by atoms with Crippen molar-refractivity contribution in [3.05, 3.63) is 24.6 Å². The molecule has 0 aromatic heterocycles. The first-order valence-electron chi connectivity index (χ1n) is 9.67. The molecule has 0 radical (unpaired) electrons. The summed E-state index contributed by atoms with van der Waals surface area (Å²) in [7, 11) is 0. The molecule has 0 aliphatic rings. The number of nitrogens with one attached hydrogen (secondary N) is 3. The summed E-state index contributed by atoms with van der Waals surface area (Å²) < 4.78 is 0. The number of carbonyl (C=O) groups is 5. The van der Waals surface area contributed by atoms with E-state index < -0.39 is 42.4 Å². The second kappa shape index (κ2) is 15.9. The third-order valence-electron chi connectivity index (χ3n) is 3.98. The van der Waals surface area contributed by atoms with Crippen molar-refractivity contribution in [1.82, 2.24) is 16.0 Å². The number of hydrogen-bond donors (Lipinski definition) is 7. The molecule has 0 aromatic rings. The summed E-state index contributed by atoms with van der Waals surface area (Å²) in [5.74, 6) is -4.31. The lowest BCUT2D eigenvalue weighted by Gasteiger charge is -2.18. The molecule has 0 unspecified atom stereocenters. The molecular formula is C19H29N5O8. The van der Waals surface area contributed by atoms with Crippen molar-refractivity contribution >= 4 is 36.1 Å². The molecule has 0 saturated heterocycles. The Balaban J connectivity index is 4.43. The number of amides is 3. The summed E-state index contributed by atoms with van der Waals surface area (Å²) in [5, 5.41) is 33.7. The van der Waals surface area contributed by atoms with Gasteiger partial charge in [0.25, 0.3) is 0 Å². The fraction of sp³-hybridized carbons (Fsp3) is 0.474. The maximum Gasteiger partial charge on any atom is 0.326 e. The Morgan fingerprint density at radius 3 is 2.06 bits per heavy atom. The highest BCUT2D eigenvalue weighted by Crippen LogP contribution is 2.04. The van der Waals surface area contributed by atoms with Crippen LogP contribution in [0.5, 0.6) is 0 Å². The molecular weight excluding hydrogens is 426 g/mol. The minimum absolute atomic E-state index is 0.0308. The number of hydrogen-bond acceptors (Lipinski definition) is 7. The molecule has 0 spiro atoms. The predicted molar refractivity (Wildman–Crippen MR) is 114 cm³/mol. The molecule has 2 atom stereocenters. The minimum Gasteiger partial charge on any atom is -0.481 e. The number of carbonyl (C=O) groups excluding carboxylic acids is 2. The highest BCUT2D eigenvalue weighted by Gasteiger charge is 2.24. The summed E-state index contributed by atoms with van der Waals surface area (Å²) in [6.07, 6.45) is 3.96. The molecule has 0 bridgehead atoms. The summed E-state index contributed by atoms with van der Waals surface area (Å²) in [5.41, 5.74) is 5.73. The average molecular weight is 455 g/mol. The van der Waals surface area contributed by atoms with E-state index >= 15 is 0 Å². The number of aliphatic carboxylic acids is 3. The van der Waals surface area contributed by atoms with E-state index in [-0.39, 0.29) is 31.7 Å². The van der Waals surface area contributed by atoms with Crippen LogP contribution >= 0.6 is 0 Å². The van der Waals surface area contributed by atoms with E-state index in [2.05, 4.69) is 22.2 Å². The molecule has 8 N–H and O–H groups in total. The van der Waals surface area contributed by atoms with E-state index in [0.29, 0.717) is 18.5 Å². The number of nitrogens with two attached hydrogens (primary N) is 1. The smallest absolute Gasteiger partial charge is 0.326 e. The zero-order chi connectivity index (χ0) is 24.5. The standard InChI is InChI=1S/C19H29N5O8/c1-2-8-21-12(11-20)10-15(25)22-9-4-3-5-13(17(28)29)23-19(32)24-14(18(30)31)6-7-16(26)27/h2,8,11,13-14H,1,3-7,9-10,20H2,(H,22,25)(H,26,27)(H,28,29)(H,30,31)(H2,23,24,32)/b12-11-,21-8-/t13-,14-/m0/s1. The second-order valence-corrected chi connectivity index (χ2v) is 6.53. The molecule has 0 rings (SSSR count). The van der Waals surface area contributed by atoms with Gasteiger partial charge in [-0.15, -0.1) is 0 Å². The van der Waals surface area contributed by atoms with Crippen molar-refractivity contribution in [3.8, 4) is 0 Å². The Morgan fingerprint density at radius 1 is 0.969 bits per heavy atom. The normalized spacial score (nSPS) is 13.1. The van der Waals surface area contributed by atoms with Crippen LogP contribution in [0.25, 0.3) is 0 Å². The highest BCUT2D eigenvalue weighted by atomic mass is 16.4. The number of unbranched alkanes of at least 4 members (excludes halogenated alkanes) is 1. The molecule has 13 heteroatoms. The summed E-state index contributed by atoms with van der Waals surface area (Å²) in [6.45, 7) is 3.72. The van der Waals surface area contributed by atoms with Crippen molar-refractivity contribution in [3.63, 3.8) is 0 Å². The van der Waals surface area contributed by atoms with E-state index in [1.807, 2.05) is 5.32 Å². The van der Waals surface area contributed by atoms with Gasteiger partial charge in [0.2, 0.25) is 5.91 Å². The van der Waals surface area contributed by atoms with E-state index in [0.717, 1.165) is 0 Å². The van der Waals surface area contributed by atoms with Crippen molar-refractivity contribution in [2.45, 2.75) is 50.6 Å². The summed E-state index contributed by atoms with van der Waals surface area (Å²) >= 11 is 0. The van der Waals surface area contributed by atoms with Gasteiger partial charge in [0.15, 0.2) is 0 Å². The number of allylic oxidation sites excluding steroid dienone is 1. The van der Waals surface area contributed by atoms with E-state index in [1.54, 1.807) is 0 Å². The van der Waals surface area contributed by atoms with Gasteiger partial charge in [0.05, 0.1) is 12.1 Å². The van der Waals surface area contributed by atoms with Gasteiger partial charge < -0.3 is 37.0 Å². The molecule has 0 aliphatic carbocycles. The van der Waals surface area contributed by atoms with Gasteiger partial charge in [-0.3, -0.25) is 14.6 Å². The van der Waals surface area contributed by atoms with Crippen LogP contribution in [0.2, 0.25) is 0 Å². The third kappa shape index (κ3) is 13.3. The van der Waals surface area contributed by atoms with Gasteiger partial charge in [-0.05, 0) is 25.7 Å². The van der Waals surface area contributed by atoms with Crippen molar-refractivity contribution < 1.29 is 39.3 Å². The van der Waals surface area contributed by atoms with Gasteiger partial charge >= 0.3 is 23.9 Å². The Labute approximate surface area is 184 Å². The first kappa shape index (κ1) is 28.1. The Kier molecular flexibility index (Phi) is 13.9. The Hall–Kier alpha value is -3.90. The third-order valence-corrected chi connectivity index (χ3v) is 3.98. The number of nitrogens with zero attached hydrogens (tertiary/aromatic N) is 1. The van der Waals surface area contributed by atoms with Gasteiger partial charge in [-0.25, -0.2) is 14.4 Å². The van der Waals surface area contributed by atoms with Crippen LogP contribution in [0.15, 0.2) is 29.5 Å². The molecule has 13 nitrogen and oxygen atoms in total. The van der Waals surface area contributed by atoms with Crippen molar-refractivity contribution in [2.75, 3.05) is 6.54 Å². The van der Waals surface area contributed by atoms with Crippen LogP contribution in [-0.4, -0.2) is 70.0 Å². The zero-order valence-electron chi connectivity index (χ0n) is 17.5. The molecule has 3 amide bonds. The van der Waals surface area contributed by atoms with Crippen molar-refractivity contribution in [2.24, 2.45) is 10.7 Å². The van der Waals surface area contributed by atoms with Crippen LogP contribution in [0.4, 0.5) is 4.79 Å². The highest BCUT2D eigenvalue weighted by molar-refractivity contribution is 5.86. The summed E-state index contributed by atoms with van der Waals surface area (Å²) in [6, 6.07) is -3.80. The molecule has 0 aromatic carbocycles. The molecule has 0 heterocycles. The lowest BCUT2D eigenvalue weighted by atomic mass is 10.1. The maximum atomic E-state index is 11.9. The summed E-state index contributed by atoms with van der Waals surface area (Å²) in [4.78, 5) is 60.7. The van der Waals surface area contributed by atoms with E-state index in [4.69, 9.17) is 15.9 Å². The molecule has 0 saturated carbocycles. The van der Waals surface area contributed by atoms with E-state index in [1.165, 1.54) is 18.5 Å². The SMILES string of the molecule is C=C/C=N\C(=C/N)CC(=O)NCCCC[C@H](NC(=O)N[C@@H](CCC(=O)O)C(=O)O)C(=O)O. The minimum atomic E-state index is -1.47. The van der Waals surface area contributed by atoms with Crippen LogP contribution in [-0.2, 0) is 19.2 Å². The topological polar surface area (TPSA) is 221 Å². The Bertz CT molecular complexity index is 750. The first-order chi connectivity index (χ1) is 15.1. The molecule has 32 heavy (non-hydrogen) atoms. The zero-order valence-corrected chi connectivity index (χ0v) is 17.5. The largest absolute Gasteiger partial charge is 0.481 e. The lowest BCUT2D eigenvalue weighted by molar-refractivity contribution is -0.140. The maximum absolute atomic E-state index is 11.9. The Morgan fingerprint density at radius 2 is 1.56 bits per heavy atom. The van der Waals surface area contributed by atoms with Crippen LogP contribution in [0, 0.1) is 0 Å². The van der Waals surface area contributed by atoms with Gasteiger partial charge in [0, 0.05) is 25.4 Å². The first-order valence-corrected chi connectivity index (χ1v) is 9.67. The van der Waals surface area contributed by atoms with Gasteiger partial charge in [-0.1, -0.05) is 12.7 Å². The number of rotatable bonds is 16. The quantitative estimate of drug-likeness (QED) is 0.121. The average Bonchev–Trinajstić information content (AvgIpc) is 2.72. The van der Waals surface area contributed by atoms with Crippen LogP contribution < -0.4 is 21.7 Å². The fourth-order valence-electron chi connectivity index (χ4n) is 2.37. The number of carboxylic acids is 3. The molecule has 0 fully saturated rings. The van der Waals surface area contributed by atoms with E-state index in [9.17, 15) is 29.1 Å².